The average Bonchev–Trinajstić information content (AvgIpc) is 2.64. The second-order valence-electron chi connectivity index (χ2n) is 5.45. The van der Waals surface area contributed by atoms with Gasteiger partial charge < -0.3 is 0 Å². The predicted molar refractivity (Wildman–Crippen MR) is 109 cm³/mol. The monoisotopic (exact) mass is 454 g/mol. The maximum atomic E-state index is 12.6. The summed E-state index contributed by atoms with van der Waals surface area (Å²) in [4.78, 5) is 10.6. The molecule has 0 bridgehead atoms. The van der Waals surface area contributed by atoms with Crippen molar-refractivity contribution in [1.82, 2.24) is 4.31 Å². The summed E-state index contributed by atoms with van der Waals surface area (Å²) >= 11 is 3.33. The molecule has 1 N–H and O–H groups in total. The molecule has 27 heavy (non-hydrogen) atoms. The third kappa shape index (κ3) is 5.12. The first-order chi connectivity index (χ1) is 12.8. The highest BCUT2D eigenvalue weighted by Gasteiger charge is 2.25. The fourth-order valence-corrected chi connectivity index (χ4v) is 4.10. The van der Waals surface area contributed by atoms with E-state index in [9.17, 15) is 18.5 Å². The van der Waals surface area contributed by atoms with Crippen LogP contribution in [0, 0.1) is 10.1 Å². The highest BCUT2D eigenvalue weighted by atomic mass is 79.9. The van der Waals surface area contributed by atoms with Crippen LogP contribution in [0.4, 0.5) is 11.4 Å². The van der Waals surface area contributed by atoms with Crippen LogP contribution in [0.5, 0.6) is 0 Å². The van der Waals surface area contributed by atoms with Crippen LogP contribution in [0.25, 0.3) is 0 Å². The molecule has 0 unspecified atom stereocenters. The van der Waals surface area contributed by atoms with Gasteiger partial charge in [-0.15, -0.1) is 0 Å². The first-order valence-corrected chi connectivity index (χ1v) is 10.4. The van der Waals surface area contributed by atoms with Gasteiger partial charge in [0.25, 0.3) is 5.69 Å². The molecule has 144 valence electrons. The normalized spacial score (nSPS) is 11.9. The van der Waals surface area contributed by atoms with Crippen molar-refractivity contribution in [1.29, 1.82) is 0 Å². The summed E-state index contributed by atoms with van der Waals surface area (Å²) in [5.41, 5.74) is 3.14. The molecule has 2 rings (SSSR count). The smallest absolute Gasteiger partial charge is 0.272 e. The Balaban J connectivity index is 2.30. The minimum atomic E-state index is -3.78. The lowest BCUT2D eigenvalue weighted by Crippen LogP contribution is -2.30. The summed E-state index contributed by atoms with van der Waals surface area (Å²) in [6.45, 7) is 3.98. The van der Waals surface area contributed by atoms with Gasteiger partial charge in [0.2, 0.25) is 10.0 Å². The summed E-state index contributed by atoms with van der Waals surface area (Å²) in [6.07, 6.45) is 1.51. The molecule has 0 heterocycles. The van der Waals surface area contributed by atoms with Gasteiger partial charge in [0.05, 0.1) is 16.0 Å². The Kier molecular flexibility index (Phi) is 7.05. The molecule has 2 aromatic carbocycles. The van der Waals surface area contributed by atoms with E-state index >= 15 is 0 Å². The second kappa shape index (κ2) is 9.07. The summed E-state index contributed by atoms with van der Waals surface area (Å²) in [5, 5.41) is 15.4. The Morgan fingerprint density at radius 2 is 1.81 bits per heavy atom. The maximum absolute atomic E-state index is 12.6. The lowest BCUT2D eigenvalue weighted by Gasteiger charge is -2.18. The highest BCUT2D eigenvalue weighted by Crippen LogP contribution is 2.29. The van der Waals surface area contributed by atoms with E-state index in [1.807, 2.05) is 24.3 Å². The molecule has 10 heteroatoms. The number of halogens is 1. The van der Waals surface area contributed by atoms with E-state index in [0.29, 0.717) is 0 Å². The molecule has 0 aliphatic heterocycles. The van der Waals surface area contributed by atoms with Gasteiger partial charge in [0, 0.05) is 23.6 Å². The molecule has 0 radical (unpaired) electrons. The van der Waals surface area contributed by atoms with Gasteiger partial charge in [-0.05, 0) is 29.8 Å². The van der Waals surface area contributed by atoms with Gasteiger partial charge in [-0.3, -0.25) is 15.5 Å². The quantitative estimate of drug-likeness (QED) is 0.370. The van der Waals surface area contributed by atoms with Gasteiger partial charge in [-0.2, -0.15) is 9.41 Å². The third-order valence-corrected chi connectivity index (χ3v) is 6.35. The fourth-order valence-electron chi connectivity index (χ4n) is 2.36. The Bertz CT molecular complexity index is 942. The van der Waals surface area contributed by atoms with Crippen molar-refractivity contribution in [2.45, 2.75) is 18.7 Å². The molecule has 0 atom stereocenters. The first kappa shape index (κ1) is 21.0. The molecule has 0 aliphatic rings. The third-order valence-electron chi connectivity index (χ3n) is 3.78. The number of nitro groups is 1. The molecule has 0 spiro atoms. The summed E-state index contributed by atoms with van der Waals surface area (Å²) in [7, 11) is -3.78. The van der Waals surface area contributed by atoms with Crippen molar-refractivity contribution in [3.8, 4) is 0 Å². The number of benzene rings is 2. The average molecular weight is 455 g/mol. The molecular weight excluding hydrogens is 436 g/mol. The van der Waals surface area contributed by atoms with Crippen LogP contribution in [0.3, 0.4) is 0 Å². The molecule has 0 saturated carbocycles. The number of nitrogens with zero attached hydrogens (tertiary/aromatic N) is 3. The van der Waals surface area contributed by atoms with Crippen molar-refractivity contribution in [2.24, 2.45) is 5.10 Å². The lowest BCUT2D eigenvalue weighted by molar-refractivity contribution is -0.384. The molecule has 0 fully saturated rings. The van der Waals surface area contributed by atoms with Gasteiger partial charge in [0.1, 0.15) is 5.69 Å². The number of sulfonamides is 1. The molecule has 0 aliphatic carbocycles. The molecule has 0 aromatic heterocycles. The zero-order valence-electron chi connectivity index (χ0n) is 14.8. The molecule has 2 aromatic rings. The highest BCUT2D eigenvalue weighted by molar-refractivity contribution is 9.10. The Labute approximate surface area is 166 Å². The van der Waals surface area contributed by atoms with Gasteiger partial charge >= 0.3 is 0 Å². The van der Waals surface area contributed by atoms with Crippen LogP contribution in [-0.4, -0.2) is 37.0 Å². The van der Waals surface area contributed by atoms with Gasteiger partial charge in [0.15, 0.2) is 0 Å². The van der Waals surface area contributed by atoms with Gasteiger partial charge in [-0.25, -0.2) is 8.42 Å². The second-order valence-corrected chi connectivity index (χ2v) is 8.30. The topological polar surface area (TPSA) is 105 Å². The van der Waals surface area contributed by atoms with E-state index in [4.69, 9.17) is 0 Å². The summed E-state index contributed by atoms with van der Waals surface area (Å²) in [5.74, 6) is 0. The van der Waals surface area contributed by atoms with Crippen LogP contribution >= 0.6 is 15.9 Å². The largest absolute Gasteiger partial charge is 0.295 e. The number of anilines is 1. The molecular formula is C17H19BrN4O4S. The van der Waals surface area contributed by atoms with Gasteiger partial charge in [-0.1, -0.05) is 41.9 Å². The van der Waals surface area contributed by atoms with E-state index in [1.54, 1.807) is 13.8 Å². The fraction of sp³-hybridized carbons (Fsp3) is 0.235. The minimum absolute atomic E-state index is 0.104. The molecule has 0 amide bonds. The van der Waals surface area contributed by atoms with Crippen molar-refractivity contribution in [2.75, 3.05) is 18.5 Å². The van der Waals surface area contributed by atoms with Crippen molar-refractivity contribution in [3.63, 3.8) is 0 Å². The predicted octanol–water partition coefficient (Wildman–Crippen LogP) is 3.83. The number of rotatable bonds is 8. The lowest BCUT2D eigenvalue weighted by atomic mass is 10.2. The number of hydrogen-bond acceptors (Lipinski definition) is 6. The van der Waals surface area contributed by atoms with E-state index < -0.39 is 14.9 Å². The van der Waals surface area contributed by atoms with E-state index in [0.717, 1.165) is 16.1 Å². The maximum Gasteiger partial charge on any atom is 0.295 e. The van der Waals surface area contributed by atoms with Crippen LogP contribution in [0.1, 0.15) is 19.4 Å². The number of nitro benzene ring substituents is 1. The summed E-state index contributed by atoms with van der Waals surface area (Å²) < 4.78 is 27.3. The van der Waals surface area contributed by atoms with Crippen molar-refractivity contribution in [3.05, 3.63) is 62.6 Å². The number of hydrazone groups is 1. The molecule has 0 saturated heterocycles. The Hall–Kier alpha value is -2.30. The van der Waals surface area contributed by atoms with E-state index in [2.05, 4.69) is 26.5 Å². The summed E-state index contributed by atoms with van der Waals surface area (Å²) in [6, 6.07) is 11.1. The standard InChI is InChI=1S/C17H19BrN4O4S/c1-3-21(4-2)27(25,26)15-9-10-16(17(11-15)22(23)24)20-19-12-13-5-7-14(18)8-6-13/h5-12,20H,3-4H2,1-2H3. The minimum Gasteiger partial charge on any atom is -0.272 e. The first-order valence-electron chi connectivity index (χ1n) is 8.12. The van der Waals surface area contributed by atoms with Crippen molar-refractivity contribution >= 4 is 43.5 Å². The number of hydrogen-bond donors (Lipinski definition) is 1. The zero-order valence-corrected chi connectivity index (χ0v) is 17.2. The Morgan fingerprint density at radius 1 is 1.19 bits per heavy atom. The van der Waals surface area contributed by atoms with E-state index in [1.165, 1.54) is 22.7 Å². The van der Waals surface area contributed by atoms with Crippen LogP contribution in [-0.2, 0) is 10.0 Å². The Morgan fingerprint density at radius 3 is 2.37 bits per heavy atom. The zero-order chi connectivity index (χ0) is 20.0. The molecule has 8 nitrogen and oxygen atoms in total. The SMILES string of the molecule is CCN(CC)S(=O)(=O)c1ccc(NN=Cc2ccc(Br)cc2)c([N+](=O)[O-])c1. The van der Waals surface area contributed by atoms with Crippen LogP contribution in [0.2, 0.25) is 0 Å². The van der Waals surface area contributed by atoms with Crippen LogP contribution < -0.4 is 5.43 Å². The van der Waals surface area contributed by atoms with E-state index in [-0.39, 0.29) is 29.4 Å². The van der Waals surface area contributed by atoms with Crippen molar-refractivity contribution < 1.29 is 13.3 Å². The number of nitrogens with one attached hydrogen (secondary N) is 1. The van der Waals surface area contributed by atoms with Crippen LogP contribution in [0.15, 0.2) is 56.9 Å².